The fourth-order valence-corrected chi connectivity index (χ4v) is 5.06. The number of carbonyl (C=O) groups is 2. The van der Waals surface area contributed by atoms with Gasteiger partial charge in [-0.05, 0) is 56.9 Å². The minimum absolute atomic E-state index is 0.0331. The smallest absolute Gasteiger partial charge is 0.329 e. The lowest BCUT2D eigenvalue weighted by Crippen LogP contribution is -2.56. The summed E-state index contributed by atoms with van der Waals surface area (Å²) < 4.78 is 5.72. The van der Waals surface area contributed by atoms with E-state index in [1.54, 1.807) is 0 Å². The second kappa shape index (κ2) is 7.60. The van der Waals surface area contributed by atoms with Gasteiger partial charge in [-0.25, -0.2) is 9.69 Å². The fraction of sp³-hybridized carbons (Fsp3) is 0.895. The Morgan fingerprint density at radius 3 is 2.35 bits per heavy atom. The summed E-state index contributed by atoms with van der Waals surface area (Å²) in [7, 11) is -1.17. The van der Waals surface area contributed by atoms with Crippen molar-refractivity contribution in [1.82, 2.24) is 9.80 Å². The Morgan fingerprint density at radius 1 is 1.15 bits per heavy atom. The van der Waals surface area contributed by atoms with E-state index >= 15 is 0 Å². The summed E-state index contributed by atoms with van der Waals surface area (Å²) in [5.74, 6) is 0.436. The Hall–Kier alpha value is -0.923. The summed E-state index contributed by atoms with van der Waals surface area (Å²) in [6, 6.07) is 1.20. The van der Waals surface area contributed by atoms with E-state index in [0.29, 0.717) is 25.1 Å². The lowest BCUT2D eigenvalue weighted by atomic mass is 9.74. The maximum atomic E-state index is 13.0. The van der Waals surface area contributed by atoms with Gasteiger partial charge in [-0.1, -0.05) is 19.6 Å². The average molecular weight is 382 g/mol. The van der Waals surface area contributed by atoms with Crippen LogP contribution in [0.2, 0.25) is 25.7 Å². The molecular weight excluding hydrogens is 346 g/mol. The first-order valence-corrected chi connectivity index (χ1v) is 13.9. The zero-order valence-corrected chi connectivity index (χ0v) is 17.6. The molecule has 2 saturated carbocycles. The van der Waals surface area contributed by atoms with Gasteiger partial charge >= 0.3 is 6.03 Å². The van der Waals surface area contributed by atoms with Crippen LogP contribution in [0.1, 0.15) is 44.9 Å². The van der Waals surface area contributed by atoms with Crippen LogP contribution in [-0.4, -0.2) is 61.3 Å². The molecule has 3 fully saturated rings. The zero-order chi connectivity index (χ0) is 18.9. The molecule has 2 N–H and O–H groups in total. The van der Waals surface area contributed by atoms with Crippen LogP contribution < -0.4 is 5.73 Å². The van der Waals surface area contributed by atoms with Gasteiger partial charge in [-0.15, -0.1) is 0 Å². The van der Waals surface area contributed by atoms with E-state index in [-0.39, 0.29) is 18.7 Å². The van der Waals surface area contributed by atoms with Crippen molar-refractivity contribution >= 4 is 20.0 Å². The number of carbonyl (C=O) groups excluding carboxylic acids is 2. The van der Waals surface area contributed by atoms with E-state index < -0.39 is 13.6 Å². The molecule has 0 atom stereocenters. The van der Waals surface area contributed by atoms with Gasteiger partial charge < -0.3 is 15.4 Å². The van der Waals surface area contributed by atoms with Gasteiger partial charge in [0, 0.05) is 27.3 Å². The summed E-state index contributed by atoms with van der Waals surface area (Å²) in [4.78, 5) is 29.2. The molecule has 0 unspecified atom stereocenters. The van der Waals surface area contributed by atoms with E-state index in [4.69, 9.17) is 10.5 Å². The number of hydrogen-bond donors (Lipinski definition) is 1. The molecule has 26 heavy (non-hydrogen) atoms. The molecule has 3 amide bonds. The Bertz CT molecular complexity index is 537. The molecule has 1 saturated heterocycles. The van der Waals surface area contributed by atoms with Gasteiger partial charge in [0.1, 0.15) is 12.3 Å². The summed E-state index contributed by atoms with van der Waals surface area (Å²) in [5, 5.41) is 0. The van der Waals surface area contributed by atoms with E-state index in [1.807, 2.05) is 4.90 Å². The topological polar surface area (TPSA) is 75.9 Å². The number of amides is 3. The molecule has 0 bridgehead atoms. The van der Waals surface area contributed by atoms with Crippen molar-refractivity contribution in [3.63, 3.8) is 0 Å². The van der Waals surface area contributed by atoms with Crippen LogP contribution in [-0.2, 0) is 9.53 Å². The summed E-state index contributed by atoms with van der Waals surface area (Å²) in [6.45, 7) is 8.32. The number of nitrogens with two attached hydrogens (primary N) is 1. The first kappa shape index (κ1) is 19.8. The molecule has 3 aliphatic rings. The van der Waals surface area contributed by atoms with Crippen LogP contribution in [0.4, 0.5) is 4.79 Å². The SMILES string of the molecule is C[Si](C)(C)CCOCN1C(=O)N(CC2CCC(N)CC2)C2(CCC2)C1=O. The molecule has 1 spiro atoms. The Balaban J connectivity index is 1.60. The predicted molar refractivity (Wildman–Crippen MR) is 104 cm³/mol. The molecule has 3 rings (SSSR count). The van der Waals surface area contributed by atoms with Crippen LogP contribution in [0, 0.1) is 5.92 Å². The number of hydrogen-bond acceptors (Lipinski definition) is 4. The summed E-state index contributed by atoms with van der Waals surface area (Å²) >= 11 is 0. The van der Waals surface area contributed by atoms with Crippen molar-refractivity contribution < 1.29 is 14.3 Å². The molecule has 0 radical (unpaired) electrons. The monoisotopic (exact) mass is 381 g/mol. The van der Waals surface area contributed by atoms with Crippen LogP contribution in [0.15, 0.2) is 0 Å². The number of nitrogens with zero attached hydrogens (tertiary/aromatic N) is 2. The highest BCUT2D eigenvalue weighted by Crippen LogP contribution is 2.45. The standard InChI is InChI=1S/C19H35N3O3Si/c1-26(2,3)12-11-25-14-21-17(23)19(9-4-10-19)22(18(21)24)13-15-5-7-16(20)8-6-15/h15-16H,4-14,20H2,1-3H3. The summed E-state index contributed by atoms with van der Waals surface area (Å²) in [6.07, 6.45) is 6.79. The van der Waals surface area contributed by atoms with Crippen LogP contribution in [0.3, 0.4) is 0 Å². The maximum absolute atomic E-state index is 13.0. The molecule has 0 aromatic rings. The third kappa shape index (κ3) is 3.99. The Kier molecular flexibility index (Phi) is 5.80. The third-order valence-corrected chi connectivity index (χ3v) is 8.06. The maximum Gasteiger partial charge on any atom is 0.329 e. The van der Waals surface area contributed by atoms with Gasteiger partial charge in [-0.2, -0.15) is 0 Å². The first-order valence-electron chi connectivity index (χ1n) is 10.2. The van der Waals surface area contributed by atoms with Crippen molar-refractivity contribution in [2.75, 3.05) is 19.9 Å². The molecule has 2 aliphatic carbocycles. The second-order valence-electron chi connectivity index (χ2n) is 9.64. The summed E-state index contributed by atoms with van der Waals surface area (Å²) in [5.41, 5.74) is 5.44. The Morgan fingerprint density at radius 2 is 1.81 bits per heavy atom. The number of rotatable bonds is 7. The van der Waals surface area contributed by atoms with Crippen molar-refractivity contribution in [1.29, 1.82) is 0 Å². The molecule has 0 aromatic heterocycles. The van der Waals surface area contributed by atoms with Gasteiger partial charge in [0.05, 0.1) is 0 Å². The highest BCUT2D eigenvalue weighted by atomic mass is 28.3. The molecule has 1 aliphatic heterocycles. The average Bonchev–Trinajstić information content (AvgIpc) is 2.73. The molecular formula is C19H35N3O3Si. The number of ether oxygens (including phenoxy) is 1. The van der Waals surface area contributed by atoms with Crippen molar-refractivity contribution in [3.8, 4) is 0 Å². The van der Waals surface area contributed by atoms with Crippen molar-refractivity contribution in [3.05, 3.63) is 0 Å². The number of imide groups is 1. The second-order valence-corrected chi connectivity index (χ2v) is 15.3. The molecule has 1 heterocycles. The molecule has 148 valence electrons. The minimum atomic E-state index is -1.17. The van der Waals surface area contributed by atoms with Gasteiger partial charge in [0.25, 0.3) is 5.91 Å². The minimum Gasteiger partial charge on any atom is -0.361 e. The van der Waals surface area contributed by atoms with Crippen molar-refractivity contribution in [2.45, 2.75) is 82.2 Å². The third-order valence-electron chi connectivity index (χ3n) is 6.35. The lowest BCUT2D eigenvalue weighted by molar-refractivity contribution is -0.140. The lowest BCUT2D eigenvalue weighted by Gasteiger charge is -2.44. The van der Waals surface area contributed by atoms with E-state index in [1.165, 1.54) is 4.90 Å². The first-order chi connectivity index (χ1) is 12.2. The highest BCUT2D eigenvalue weighted by molar-refractivity contribution is 6.76. The van der Waals surface area contributed by atoms with E-state index in [2.05, 4.69) is 19.6 Å². The van der Waals surface area contributed by atoms with Crippen LogP contribution in [0.25, 0.3) is 0 Å². The van der Waals surface area contributed by atoms with Crippen LogP contribution in [0.5, 0.6) is 0 Å². The largest absolute Gasteiger partial charge is 0.361 e. The number of urea groups is 1. The van der Waals surface area contributed by atoms with E-state index in [9.17, 15) is 9.59 Å². The van der Waals surface area contributed by atoms with E-state index in [0.717, 1.165) is 51.0 Å². The molecule has 7 heteroatoms. The predicted octanol–water partition coefficient (Wildman–Crippen LogP) is 3.00. The van der Waals surface area contributed by atoms with Gasteiger partial charge in [0.15, 0.2) is 0 Å². The van der Waals surface area contributed by atoms with Gasteiger partial charge in [-0.3, -0.25) is 4.79 Å². The normalized spacial score (nSPS) is 28.8. The Labute approximate surface area is 158 Å². The highest BCUT2D eigenvalue weighted by Gasteiger charge is 2.60. The van der Waals surface area contributed by atoms with Gasteiger partial charge in [0.2, 0.25) is 0 Å². The van der Waals surface area contributed by atoms with Crippen molar-refractivity contribution in [2.24, 2.45) is 11.7 Å². The fourth-order valence-electron chi connectivity index (χ4n) is 4.31. The molecule has 0 aromatic carbocycles. The molecule has 6 nitrogen and oxygen atoms in total. The quantitative estimate of drug-likeness (QED) is 0.418. The van der Waals surface area contributed by atoms with Crippen LogP contribution >= 0.6 is 0 Å². The zero-order valence-electron chi connectivity index (χ0n) is 16.6.